The molecule has 0 aliphatic heterocycles. The molecule has 76 valence electrons. The van der Waals surface area contributed by atoms with Crippen LogP contribution in [0.15, 0.2) is 0 Å². The van der Waals surface area contributed by atoms with Crippen LogP contribution in [-0.2, 0) is 0 Å². The second-order valence-electron chi connectivity index (χ2n) is 4.98. The van der Waals surface area contributed by atoms with Crippen LogP contribution in [0, 0.1) is 0 Å². The summed E-state index contributed by atoms with van der Waals surface area (Å²) in [6, 6.07) is 0.845. The second kappa shape index (κ2) is 3.58. The van der Waals surface area contributed by atoms with Gasteiger partial charge in [-0.05, 0) is 46.2 Å². The molecule has 0 atom stereocenters. The van der Waals surface area contributed by atoms with E-state index in [9.17, 15) is 0 Å². The van der Waals surface area contributed by atoms with Crippen molar-refractivity contribution in [1.29, 1.82) is 0 Å². The Morgan fingerprint density at radius 2 is 1.92 bits per heavy atom. The molecule has 0 unspecified atom stereocenters. The van der Waals surface area contributed by atoms with Crippen molar-refractivity contribution < 1.29 is 0 Å². The molecule has 2 heteroatoms. The van der Waals surface area contributed by atoms with Crippen molar-refractivity contribution in [2.24, 2.45) is 0 Å². The molecule has 2 aliphatic carbocycles. The maximum atomic E-state index is 3.70. The van der Waals surface area contributed by atoms with E-state index in [2.05, 4.69) is 24.3 Å². The van der Waals surface area contributed by atoms with E-state index >= 15 is 0 Å². The Hall–Kier alpha value is -0.0800. The van der Waals surface area contributed by atoms with Gasteiger partial charge in [-0.15, -0.1) is 0 Å². The fraction of sp³-hybridized carbons (Fsp3) is 1.00. The van der Waals surface area contributed by atoms with Gasteiger partial charge in [0.1, 0.15) is 0 Å². The summed E-state index contributed by atoms with van der Waals surface area (Å²) < 4.78 is 0. The predicted molar refractivity (Wildman–Crippen MR) is 55.9 cm³/mol. The molecular weight excluding hydrogens is 160 g/mol. The Morgan fingerprint density at radius 1 is 1.23 bits per heavy atom. The Morgan fingerprint density at radius 3 is 2.23 bits per heavy atom. The number of nitrogens with one attached hydrogen (secondary N) is 1. The van der Waals surface area contributed by atoms with Crippen LogP contribution in [0.4, 0.5) is 0 Å². The van der Waals surface area contributed by atoms with Crippen molar-refractivity contribution in [3.63, 3.8) is 0 Å². The zero-order chi connectivity index (χ0) is 9.31. The highest BCUT2D eigenvalue weighted by Crippen LogP contribution is 2.36. The van der Waals surface area contributed by atoms with Crippen LogP contribution < -0.4 is 5.32 Å². The molecule has 0 aromatic heterocycles. The monoisotopic (exact) mass is 182 g/mol. The van der Waals surface area contributed by atoms with Crippen molar-refractivity contribution in [1.82, 2.24) is 10.2 Å². The third-order valence-electron chi connectivity index (χ3n) is 4.06. The van der Waals surface area contributed by atoms with E-state index in [1.807, 2.05) is 0 Å². The van der Waals surface area contributed by atoms with Crippen LogP contribution in [0.2, 0.25) is 0 Å². The Balaban J connectivity index is 1.76. The lowest BCUT2D eigenvalue weighted by molar-refractivity contribution is 0.0537. The van der Waals surface area contributed by atoms with E-state index in [0.717, 1.165) is 6.04 Å². The lowest BCUT2D eigenvalue weighted by Crippen LogP contribution is -2.58. The van der Waals surface area contributed by atoms with Gasteiger partial charge in [-0.2, -0.15) is 0 Å². The van der Waals surface area contributed by atoms with Crippen LogP contribution in [0.5, 0.6) is 0 Å². The van der Waals surface area contributed by atoms with E-state index < -0.39 is 0 Å². The smallest absolute Gasteiger partial charge is 0.0328 e. The second-order valence-corrected chi connectivity index (χ2v) is 4.98. The number of nitrogens with zero attached hydrogens (tertiary/aromatic N) is 1. The summed E-state index contributed by atoms with van der Waals surface area (Å²) in [7, 11) is 4.45. The molecule has 2 aliphatic rings. The van der Waals surface area contributed by atoms with E-state index in [4.69, 9.17) is 0 Å². The van der Waals surface area contributed by atoms with Crippen molar-refractivity contribution in [2.75, 3.05) is 20.6 Å². The number of rotatable bonds is 4. The van der Waals surface area contributed by atoms with Gasteiger partial charge in [0, 0.05) is 18.1 Å². The molecule has 0 amide bonds. The molecular formula is C11H22N2. The van der Waals surface area contributed by atoms with Gasteiger partial charge in [-0.1, -0.05) is 6.42 Å². The van der Waals surface area contributed by atoms with Crippen molar-refractivity contribution in [2.45, 2.75) is 50.1 Å². The molecule has 2 rings (SSSR count). The molecule has 0 aromatic carbocycles. The molecule has 1 N–H and O–H groups in total. The Kier molecular flexibility index (Phi) is 2.61. The molecule has 0 saturated heterocycles. The Labute approximate surface area is 81.7 Å². The summed E-state index contributed by atoms with van der Waals surface area (Å²) in [5.41, 5.74) is 0.510. The largest absolute Gasteiger partial charge is 0.312 e. The average Bonchev–Trinajstić information content (AvgIpc) is 1.89. The molecule has 2 fully saturated rings. The quantitative estimate of drug-likeness (QED) is 0.710. The minimum absolute atomic E-state index is 0.510. The minimum Gasteiger partial charge on any atom is -0.312 e. The third-order valence-corrected chi connectivity index (χ3v) is 4.06. The molecule has 0 aromatic rings. The number of hydrogen-bond acceptors (Lipinski definition) is 2. The highest BCUT2D eigenvalue weighted by molar-refractivity contribution is 4.98. The number of hydrogen-bond donors (Lipinski definition) is 1. The topological polar surface area (TPSA) is 15.3 Å². The van der Waals surface area contributed by atoms with Crippen molar-refractivity contribution in [3.8, 4) is 0 Å². The molecule has 0 radical (unpaired) electrons. The van der Waals surface area contributed by atoms with E-state index in [1.165, 1.54) is 45.1 Å². The van der Waals surface area contributed by atoms with Crippen LogP contribution in [0.1, 0.15) is 38.5 Å². The maximum Gasteiger partial charge on any atom is 0.0328 e. The van der Waals surface area contributed by atoms with Crippen LogP contribution in [0.3, 0.4) is 0 Å². The predicted octanol–water partition coefficient (Wildman–Crippen LogP) is 1.61. The van der Waals surface area contributed by atoms with Gasteiger partial charge in [0.2, 0.25) is 0 Å². The summed E-state index contributed by atoms with van der Waals surface area (Å²) in [5.74, 6) is 0. The molecule has 0 bridgehead atoms. The lowest BCUT2D eigenvalue weighted by Gasteiger charge is -2.48. The summed E-state index contributed by atoms with van der Waals surface area (Å²) in [4.78, 5) is 2.42. The molecule has 0 heterocycles. The van der Waals surface area contributed by atoms with E-state index in [0.29, 0.717) is 5.54 Å². The summed E-state index contributed by atoms with van der Waals surface area (Å²) >= 11 is 0. The van der Waals surface area contributed by atoms with Crippen molar-refractivity contribution >= 4 is 0 Å². The fourth-order valence-corrected chi connectivity index (χ4v) is 2.31. The van der Waals surface area contributed by atoms with Gasteiger partial charge in [-0.3, -0.25) is 0 Å². The number of likely N-dealkylation sites (N-methyl/N-ethyl adjacent to an activating group) is 1. The van der Waals surface area contributed by atoms with Gasteiger partial charge < -0.3 is 10.2 Å². The Bertz CT molecular complexity index is 169. The normalized spacial score (nSPS) is 27.0. The van der Waals surface area contributed by atoms with Crippen LogP contribution in [0.25, 0.3) is 0 Å². The van der Waals surface area contributed by atoms with E-state index in [-0.39, 0.29) is 0 Å². The molecule has 13 heavy (non-hydrogen) atoms. The first kappa shape index (κ1) is 9.47. The fourth-order valence-electron chi connectivity index (χ4n) is 2.31. The first-order valence-corrected chi connectivity index (χ1v) is 5.64. The standard InChI is InChI=1S/C11H22N2/c1-13(2)11(7-4-8-11)9-12-10-5-3-6-10/h10,12H,3-9H2,1-2H3. The third kappa shape index (κ3) is 1.75. The SMILES string of the molecule is CN(C)C1(CNC2CCC2)CCC1. The van der Waals surface area contributed by atoms with Gasteiger partial charge in [0.05, 0.1) is 0 Å². The molecule has 2 saturated carbocycles. The zero-order valence-corrected chi connectivity index (χ0v) is 8.97. The summed E-state index contributed by atoms with van der Waals surface area (Å²) in [6.45, 7) is 1.21. The molecule has 0 spiro atoms. The van der Waals surface area contributed by atoms with Gasteiger partial charge >= 0.3 is 0 Å². The lowest BCUT2D eigenvalue weighted by atomic mass is 9.75. The maximum absolute atomic E-state index is 3.70. The highest BCUT2D eigenvalue weighted by atomic mass is 15.2. The first-order chi connectivity index (χ1) is 6.23. The van der Waals surface area contributed by atoms with Gasteiger partial charge in [0.25, 0.3) is 0 Å². The van der Waals surface area contributed by atoms with Gasteiger partial charge in [-0.25, -0.2) is 0 Å². The minimum atomic E-state index is 0.510. The summed E-state index contributed by atoms with van der Waals surface area (Å²) in [6.07, 6.45) is 8.45. The zero-order valence-electron chi connectivity index (χ0n) is 8.97. The molecule has 2 nitrogen and oxygen atoms in total. The van der Waals surface area contributed by atoms with E-state index in [1.54, 1.807) is 0 Å². The van der Waals surface area contributed by atoms with Crippen LogP contribution >= 0.6 is 0 Å². The van der Waals surface area contributed by atoms with Gasteiger partial charge in [0.15, 0.2) is 0 Å². The first-order valence-electron chi connectivity index (χ1n) is 5.64. The van der Waals surface area contributed by atoms with Crippen molar-refractivity contribution in [3.05, 3.63) is 0 Å². The van der Waals surface area contributed by atoms with Crippen LogP contribution in [-0.4, -0.2) is 37.1 Å². The highest BCUT2D eigenvalue weighted by Gasteiger charge is 2.39. The average molecular weight is 182 g/mol. The summed E-state index contributed by atoms with van der Waals surface area (Å²) in [5, 5.41) is 3.70.